The van der Waals surface area contributed by atoms with Crippen LogP contribution in [0.3, 0.4) is 0 Å². The fourth-order valence-electron chi connectivity index (χ4n) is 3.08. The topological polar surface area (TPSA) is 75.1 Å². The van der Waals surface area contributed by atoms with E-state index in [1.165, 1.54) is 0 Å². The van der Waals surface area contributed by atoms with Gasteiger partial charge in [0.25, 0.3) is 0 Å². The molecule has 1 aliphatic heterocycles. The smallest absolute Gasteiger partial charge is 0.191 e. The maximum atomic E-state index is 9.57. The number of rotatable bonds is 8. The molecule has 0 bridgehead atoms. The first kappa shape index (κ1) is 18.5. The standard InChI is InChI=1S/C17H33N3O3/c1-2-18-17(20-14-6-8-15(21)9-7-14)19-10-4-11-22-13-16-5-3-12-23-16/h14-16,21H,2-13H2,1H3,(H2,18,19,20). The highest BCUT2D eigenvalue weighted by molar-refractivity contribution is 5.80. The van der Waals surface area contributed by atoms with Crippen LogP contribution in [0.4, 0.5) is 0 Å². The molecule has 3 N–H and O–H groups in total. The number of guanidine groups is 1. The molecule has 1 aliphatic carbocycles. The maximum Gasteiger partial charge on any atom is 0.191 e. The molecule has 1 saturated carbocycles. The summed E-state index contributed by atoms with van der Waals surface area (Å²) in [6, 6.07) is 0.423. The van der Waals surface area contributed by atoms with E-state index >= 15 is 0 Å². The highest BCUT2D eigenvalue weighted by Gasteiger charge is 2.20. The van der Waals surface area contributed by atoms with Crippen molar-refractivity contribution >= 4 is 5.96 Å². The van der Waals surface area contributed by atoms with Crippen molar-refractivity contribution in [1.82, 2.24) is 10.6 Å². The minimum absolute atomic E-state index is 0.117. The molecule has 0 amide bonds. The number of aliphatic hydroxyl groups is 1. The van der Waals surface area contributed by atoms with E-state index in [0.29, 0.717) is 18.8 Å². The van der Waals surface area contributed by atoms with E-state index in [4.69, 9.17) is 9.47 Å². The molecule has 134 valence electrons. The van der Waals surface area contributed by atoms with Gasteiger partial charge in [-0.25, -0.2) is 0 Å². The zero-order chi connectivity index (χ0) is 16.3. The van der Waals surface area contributed by atoms with Gasteiger partial charge in [-0.1, -0.05) is 0 Å². The number of nitrogens with one attached hydrogen (secondary N) is 2. The van der Waals surface area contributed by atoms with Gasteiger partial charge >= 0.3 is 0 Å². The average molecular weight is 327 g/mol. The molecule has 0 radical (unpaired) electrons. The van der Waals surface area contributed by atoms with Gasteiger partial charge in [-0.3, -0.25) is 4.99 Å². The Bertz CT molecular complexity index is 338. The minimum atomic E-state index is -0.117. The second kappa shape index (κ2) is 10.8. The van der Waals surface area contributed by atoms with E-state index < -0.39 is 0 Å². The van der Waals surface area contributed by atoms with E-state index in [1.54, 1.807) is 0 Å². The Kier molecular flexibility index (Phi) is 8.71. The van der Waals surface area contributed by atoms with Crippen LogP contribution >= 0.6 is 0 Å². The molecule has 0 spiro atoms. The summed E-state index contributed by atoms with van der Waals surface area (Å²) in [5, 5.41) is 16.3. The summed E-state index contributed by atoms with van der Waals surface area (Å²) in [6.45, 7) is 6.03. The van der Waals surface area contributed by atoms with Crippen LogP contribution in [-0.2, 0) is 9.47 Å². The molecule has 1 atom stereocenters. The van der Waals surface area contributed by atoms with Crippen molar-refractivity contribution in [3.8, 4) is 0 Å². The molecular formula is C17H33N3O3. The highest BCUT2D eigenvalue weighted by Crippen LogP contribution is 2.18. The monoisotopic (exact) mass is 327 g/mol. The Morgan fingerprint density at radius 2 is 2.09 bits per heavy atom. The predicted octanol–water partition coefficient (Wildman–Crippen LogP) is 1.43. The lowest BCUT2D eigenvalue weighted by Crippen LogP contribution is -2.45. The van der Waals surface area contributed by atoms with Gasteiger partial charge in [0.05, 0.1) is 18.8 Å². The largest absolute Gasteiger partial charge is 0.393 e. The van der Waals surface area contributed by atoms with Crippen LogP contribution in [0.1, 0.15) is 51.9 Å². The molecule has 2 fully saturated rings. The molecule has 23 heavy (non-hydrogen) atoms. The molecule has 0 aromatic rings. The lowest BCUT2D eigenvalue weighted by Gasteiger charge is -2.27. The van der Waals surface area contributed by atoms with Crippen LogP contribution in [0, 0.1) is 0 Å². The third-order valence-corrected chi connectivity index (χ3v) is 4.43. The third kappa shape index (κ3) is 7.50. The minimum Gasteiger partial charge on any atom is -0.393 e. The SMILES string of the molecule is CCNC(=NCCCOCC1CCCO1)NC1CCC(O)CC1. The van der Waals surface area contributed by atoms with Crippen LogP contribution < -0.4 is 10.6 Å². The molecule has 6 heteroatoms. The van der Waals surface area contributed by atoms with E-state index in [9.17, 15) is 5.11 Å². The zero-order valence-electron chi connectivity index (χ0n) is 14.4. The lowest BCUT2D eigenvalue weighted by atomic mass is 9.93. The molecule has 0 aromatic heterocycles. The van der Waals surface area contributed by atoms with Crippen molar-refractivity contribution in [1.29, 1.82) is 0 Å². The summed E-state index contributed by atoms with van der Waals surface area (Å²) >= 11 is 0. The Hall–Kier alpha value is -0.850. The molecule has 0 aromatic carbocycles. The van der Waals surface area contributed by atoms with E-state index in [2.05, 4.69) is 22.5 Å². The Morgan fingerprint density at radius 1 is 1.26 bits per heavy atom. The number of aliphatic imine (C=N–C) groups is 1. The van der Waals surface area contributed by atoms with Crippen LogP contribution in [0.15, 0.2) is 4.99 Å². The number of aliphatic hydroxyl groups excluding tert-OH is 1. The van der Waals surface area contributed by atoms with E-state index in [1.807, 2.05) is 0 Å². The van der Waals surface area contributed by atoms with Gasteiger partial charge in [0.15, 0.2) is 5.96 Å². The van der Waals surface area contributed by atoms with Crippen molar-refractivity contribution < 1.29 is 14.6 Å². The molecule has 6 nitrogen and oxygen atoms in total. The van der Waals surface area contributed by atoms with Crippen LogP contribution in [0.2, 0.25) is 0 Å². The van der Waals surface area contributed by atoms with Gasteiger partial charge in [0.1, 0.15) is 0 Å². The molecule has 2 aliphatic rings. The van der Waals surface area contributed by atoms with E-state index in [-0.39, 0.29) is 6.10 Å². The summed E-state index contributed by atoms with van der Waals surface area (Å²) in [5.74, 6) is 0.882. The summed E-state index contributed by atoms with van der Waals surface area (Å²) < 4.78 is 11.2. The highest BCUT2D eigenvalue weighted by atomic mass is 16.5. The van der Waals surface area contributed by atoms with Crippen molar-refractivity contribution in [2.45, 2.75) is 70.1 Å². The summed E-state index contributed by atoms with van der Waals surface area (Å²) in [6.07, 6.45) is 7.19. The first-order chi connectivity index (χ1) is 11.3. The van der Waals surface area contributed by atoms with Gasteiger partial charge in [-0.2, -0.15) is 0 Å². The Balaban J connectivity index is 1.58. The van der Waals surface area contributed by atoms with Gasteiger partial charge in [-0.05, 0) is 51.9 Å². The Labute approximate surface area is 140 Å². The first-order valence-electron chi connectivity index (χ1n) is 9.20. The predicted molar refractivity (Wildman–Crippen MR) is 91.8 cm³/mol. The van der Waals surface area contributed by atoms with Gasteiger partial charge in [0, 0.05) is 32.3 Å². The van der Waals surface area contributed by atoms with Crippen molar-refractivity contribution in [2.24, 2.45) is 4.99 Å². The number of nitrogens with zero attached hydrogens (tertiary/aromatic N) is 1. The van der Waals surface area contributed by atoms with Gasteiger partial charge in [-0.15, -0.1) is 0 Å². The second-order valence-corrected chi connectivity index (χ2v) is 6.47. The third-order valence-electron chi connectivity index (χ3n) is 4.43. The molecular weight excluding hydrogens is 294 g/mol. The number of hydrogen-bond acceptors (Lipinski definition) is 4. The lowest BCUT2D eigenvalue weighted by molar-refractivity contribution is 0.0171. The quantitative estimate of drug-likeness (QED) is 0.357. The number of hydrogen-bond donors (Lipinski definition) is 3. The Morgan fingerprint density at radius 3 is 2.78 bits per heavy atom. The normalized spacial score (nSPS) is 28.8. The van der Waals surface area contributed by atoms with Crippen molar-refractivity contribution in [3.63, 3.8) is 0 Å². The summed E-state index contributed by atoms with van der Waals surface area (Å²) in [5.41, 5.74) is 0. The average Bonchev–Trinajstić information content (AvgIpc) is 3.06. The summed E-state index contributed by atoms with van der Waals surface area (Å²) in [7, 11) is 0. The van der Waals surface area contributed by atoms with Gasteiger partial charge < -0.3 is 25.2 Å². The second-order valence-electron chi connectivity index (χ2n) is 6.47. The van der Waals surface area contributed by atoms with Crippen molar-refractivity contribution in [2.75, 3.05) is 32.9 Å². The first-order valence-corrected chi connectivity index (χ1v) is 9.20. The maximum absolute atomic E-state index is 9.57. The zero-order valence-corrected chi connectivity index (χ0v) is 14.4. The molecule has 1 saturated heterocycles. The van der Waals surface area contributed by atoms with Gasteiger partial charge in [0.2, 0.25) is 0 Å². The van der Waals surface area contributed by atoms with Crippen LogP contribution in [-0.4, -0.2) is 62.2 Å². The molecule has 1 heterocycles. The van der Waals surface area contributed by atoms with Crippen LogP contribution in [0.5, 0.6) is 0 Å². The van der Waals surface area contributed by atoms with Crippen LogP contribution in [0.25, 0.3) is 0 Å². The summed E-state index contributed by atoms with van der Waals surface area (Å²) in [4.78, 5) is 4.62. The van der Waals surface area contributed by atoms with Crippen molar-refractivity contribution in [3.05, 3.63) is 0 Å². The molecule has 2 rings (SSSR count). The molecule has 1 unspecified atom stereocenters. The number of ether oxygens (including phenoxy) is 2. The van der Waals surface area contributed by atoms with E-state index in [0.717, 1.165) is 77.2 Å². The fourth-order valence-corrected chi connectivity index (χ4v) is 3.08. The fraction of sp³-hybridized carbons (Fsp3) is 0.941.